The lowest BCUT2D eigenvalue weighted by Crippen LogP contribution is -2.41. The highest BCUT2D eigenvalue weighted by molar-refractivity contribution is 5.44. The fraction of sp³-hybridized carbons (Fsp3) is 0.571. The van der Waals surface area contributed by atoms with E-state index in [1.165, 1.54) is 0 Å². The van der Waals surface area contributed by atoms with Crippen LogP contribution in [0.25, 0.3) is 0 Å². The Balaban J connectivity index is 2.37. The van der Waals surface area contributed by atoms with Crippen molar-refractivity contribution in [2.75, 3.05) is 7.11 Å². The molecule has 0 aliphatic carbocycles. The van der Waals surface area contributed by atoms with E-state index < -0.39 is 0 Å². The van der Waals surface area contributed by atoms with Crippen LogP contribution in [0.3, 0.4) is 0 Å². The number of ether oxygens (including phenoxy) is 2. The van der Waals surface area contributed by atoms with E-state index in [2.05, 4.69) is 13.8 Å². The van der Waals surface area contributed by atoms with E-state index in [9.17, 15) is 0 Å². The molecule has 1 heterocycles. The van der Waals surface area contributed by atoms with Gasteiger partial charge in [0, 0.05) is 18.0 Å². The van der Waals surface area contributed by atoms with Crippen molar-refractivity contribution >= 4 is 0 Å². The van der Waals surface area contributed by atoms with Crippen LogP contribution in [0.4, 0.5) is 0 Å². The van der Waals surface area contributed by atoms with Gasteiger partial charge in [-0.3, -0.25) is 0 Å². The lowest BCUT2D eigenvalue weighted by molar-refractivity contribution is 0.0281. The van der Waals surface area contributed by atoms with Crippen LogP contribution in [-0.4, -0.2) is 12.7 Å². The Morgan fingerprint density at radius 3 is 2.71 bits per heavy atom. The largest absolute Gasteiger partial charge is 0.497 e. The highest BCUT2D eigenvalue weighted by atomic mass is 16.5. The van der Waals surface area contributed by atoms with Gasteiger partial charge in [0.15, 0.2) is 0 Å². The molecule has 0 fully saturated rings. The quantitative estimate of drug-likeness (QED) is 0.875. The first-order chi connectivity index (χ1) is 8.14. The first kappa shape index (κ1) is 12.2. The van der Waals surface area contributed by atoms with Gasteiger partial charge >= 0.3 is 0 Å². The van der Waals surface area contributed by atoms with Gasteiger partial charge in [0.2, 0.25) is 0 Å². The maximum atomic E-state index is 6.26. The second-order valence-corrected chi connectivity index (χ2v) is 4.71. The smallest absolute Gasteiger partial charge is 0.125 e. The van der Waals surface area contributed by atoms with Crippen molar-refractivity contribution in [3.05, 3.63) is 23.8 Å². The summed E-state index contributed by atoms with van der Waals surface area (Å²) in [6.07, 6.45) is 2.85. The number of methoxy groups -OCH3 is 1. The van der Waals surface area contributed by atoms with Crippen molar-refractivity contribution in [2.24, 2.45) is 5.73 Å². The molecule has 3 nitrogen and oxygen atoms in total. The molecule has 0 saturated carbocycles. The Morgan fingerprint density at radius 1 is 1.41 bits per heavy atom. The summed E-state index contributed by atoms with van der Waals surface area (Å²) < 4.78 is 11.4. The van der Waals surface area contributed by atoms with Crippen molar-refractivity contribution in [1.82, 2.24) is 0 Å². The highest BCUT2D eigenvalue weighted by Crippen LogP contribution is 2.42. The number of benzene rings is 1. The van der Waals surface area contributed by atoms with Crippen LogP contribution in [0.5, 0.6) is 11.5 Å². The molecular weight excluding hydrogens is 214 g/mol. The van der Waals surface area contributed by atoms with E-state index >= 15 is 0 Å². The summed E-state index contributed by atoms with van der Waals surface area (Å²) in [5.41, 5.74) is 7.22. The average molecular weight is 235 g/mol. The summed E-state index contributed by atoms with van der Waals surface area (Å²) in [6.45, 7) is 4.31. The molecule has 2 N–H and O–H groups in total. The van der Waals surface area contributed by atoms with Gasteiger partial charge in [-0.05, 0) is 31.0 Å². The van der Waals surface area contributed by atoms with E-state index in [-0.39, 0.29) is 11.6 Å². The Labute approximate surface area is 103 Å². The number of fused-ring (bicyclic) bond motifs is 1. The molecule has 0 radical (unpaired) electrons. The van der Waals surface area contributed by atoms with Crippen LogP contribution in [0, 0.1) is 0 Å². The van der Waals surface area contributed by atoms with Crippen molar-refractivity contribution in [3.63, 3.8) is 0 Å². The predicted molar refractivity (Wildman–Crippen MR) is 68.5 cm³/mol. The van der Waals surface area contributed by atoms with Gasteiger partial charge < -0.3 is 15.2 Å². The Bertz CT molecular complexity index is 399. The van der Waals surface area contributed by atoms with Crippen molar-refractivity contribution < 1.29 is 9.47 Å². The summed E-state index contributed by atoms with van der Waals surface area (Å²) in [6, 6.07) is 5.91. The van der Waals surface area contributed by atoms with Crippen LogP contribution in [0.15, 0.2) is 18.2 Å². The molecule has 0 amide bonds. The van der Waals surface area contributed by atoms with E-state index in [1.54, 1.807) is 7.11 Å². The predicted octanol–water partition coefficient (Wildman–Crippen LogP) is 3.04. The molecule has 3 heteroatoms. The molecule has 1 aromatic carbocycles. The second kappa shape index (κ2) is 4.57. The van der Waals surface area contributed by atoms with Gasteiger partial charge in [-0.15, -0.1) is 0 Å². The fourth-order valence-corrected chi connectivity index (χ4v) is 2.50. The third kappa shape index (κ3) is 2.12. The summed E-state index contributed by atoms with van der Waals surface area (Å²) in [5, 5.41) is 0. The third-order valence-electron chi connectivity index (χ3n) is 3.82. The topological polar surface area (TPSA) is 44.5 Å². The average Bonchev–Trinajstić information content (AvgIpc) is 2.38. The zero-order valence-corrected chi connectivity index (χ0v) is 10.8. The lowest BCUT2D eigenvalue weighted by atomic mass is 9.84. The van der Waals surface area contributed by atoms with Gasteiger partial charge in [0.25, 0.3) is 0 Å². The van der Waals surface area contributed by atoms with E-state index in [4.69, 9.17) is 15.2 Å². The van der Waals surface area contributed by atoms with E-state index in [1.807, 2.05) is 18.2 Å². The van der Waals surface area contributed by atoms with Crippen molar-refractivity contribution in [2.45, 2.75) is 44.8 Å². The molecule has 1 aliphatic rings. The van der Waals surface area contributed by atoms with Gasteiger partial charge in [-0.2, -0.15) is 0 Å². The zero-order valence-electron chi connectivity index (χ0n) is 10.8. The molecule has 17 heavy (non-hydrogen) atoms. The third-order valence-corrected chi connectivity index (χ3v) is 3.82. The Kier molecular flexibility index (Phi) is 3.29. The molecule has 1 aliphatic heterocycles. The highest BCUT2D eigenvalue weighted by Gasteiger charge is 2.37. The fourth-order valence-electron chi connectivity index (χ4n) is 2.50. The Morgan fingerprint density at radius 2 is 2.12 bits per heavy atom. The number of hydrogen-bond donors (Lipinski definition) is 1. The van der Waals surface area contributed by atoms with Gasteiger partial charge in [-0.25, -0.2) is 0 Å². The van der Waals surface area contributed by atoms with Crippen molar-refractivity contribution in [3.8, 4) is 11.5 Å². The normalized spacial score (nSPS) is 21.5. The molecular formula is C14H21NO2. The van der Waals surface area contributed by atoms with E-state index in [0.717, 1.165) is 36.3 Å². The van der Waals surface area contributed by atoms with Crippen molar-refractivity contribution in [1.29, 1.82) is 0 Å². The first-order valence-electron chi connectivity index (χ1n) is 6.26. The molecule has 2 rings (SSSR count). The van der Waals surface area contributed by atoms with E-state index in [0.29, 0.717) is 0 Å². The van der Waals surface area contributed by atoms with Gasteiger partial charge in [-0.1, -0.05) is 13.8 Å². The molecule has 1 aromatic rings. The lowest BCUT2D eigenvalue weighted by Gasteiger charge is -2.40. The summed E-state index contributed by atoms with van der Waals surface area (Å²) in [4.78, 5) is 0. The van der Waals surface area contributed by atoms with Crippen LogP contribution in [0.2, 0.25) is 0 Å². The Hall–Kier alpha value is -1.22. The minimum atomic E-state index is -0.0962. The van der Waals surface area contributed by atoms with Crippen LogP contribution in [-0.2, 0) is 0 Å². The molecule has 0 saturated heterocycles. The summed E-state index contributed by atoms with van der Waals surface area (Å²) >= 11 is 0. The summed E-state index contributed by atoms with van der Waals surface area (Å²) in [5.74, 6) is 1.75. The molecule has 0 spiro atoms. The number of hydrogen-bond acceptors (Lipinski definition) is 3. The molecule has 94 valence electrons. The molecule has 1 atom stereocenters. The standard InChI is InChI=1S/C14H21NO2/c1-4-14(5-2)9-12(15)11-8-10(16-3)6-7-13(11)17-14/h6-8,12H,4-5,9,15H2,1-3H3. The maximum Gasteiger partial charge on any atom is 0.125 e. The second-order valence-electron chi connectivity index (χ2n) is 4.71. The summed E-state index contributed by atoms with van der Waals surface area (Å²) in [7, 11) is 1.67. The van der Waals surface area contributed by atoms with Crippen LogP contribution < -0.4 is 15.2 Å². The maximum absolute atomic E-state index is 6.26. The monoisotopic (exact) mass is 235 g/mol. The van der Waals surface area contributed by atoms with Gasteiger partial charge in [0.05, 0.1) is 7.11 Å². The molecule has 0 aromatic heterocycles. The minimum absolute atomic E-state index is 0.0359. The molecule has 1 unspecified atom stereocenters. The molecule has 0 bridgehead atoms. The van der Waals surface area contributed by atoms with Crippen LogP contribution in [0.1, 0.15) is 44.7 Å². The minimum Gasteiger partial charge on any atom is -0.497 e. The van der Waals surface area contributed by atoms with Gasteiger partial charge in [0.1, 0.15) is 17.1 Å². The number of nitrogens with two attached hydrogens (primary N) is 1. The van der Waals surface area contributed by atoms with Crippen LogP contribution >= 0.6 is 0 Å². The first-order valence-corrected chi connectivity index (χ1v) is 6.26. The zero-order chi connectivity index (χ0) is 12.5. The SMILES string of the molecule is CCC1(CC)CC(N)c2cc(OC)ccc2O1. The number of rotatable bonds is 3.